The molecule has 2 N–H and O–H groups in total. The Morgan fingerprint density at radius 2 is 2.00 bits per heavy atom. The van der Waals surface area contributed by atoms with Crippen LogP contribution < -0.4 is 15.4 Å². The molecule has 7 nitrogen and oxygen atoms in total. The van der Waals surface area contributed by atoms with Crippen LogP contribution in [0.1, 0.15) is 46.9 Å². The minimum atomic E-state index is -0.443. The number of carbonyl (C=O) groups is 1. The van der Waals surface area contributed by atoms with Crippen LogP contribution in [-0.4, -0.2) is 48.5 Å². The number of piperidine rings is 1. The molecule has 0 aliphatic carbocycles. The fraction of sp³-hybridized carbons (Fsp3) is 0.346. The number of aromatic nitrogens is 2. The topological polar surface area (TPSA) is 84.6 Å². The Balaban J connectivity index is 1.76. The lowest BCUT2D eigenvalue weighted by molar-refractivity contribution is 0.100. The van der Waals surface area contributed by atoms with E-state index in [4.69, 9.17) is 15.5 Å². The molecule has 33 heavy (non-hydrogen) atoms. The normalized spacial score (nSPS) is 16.4. The average Bonchev–Trinajstić information content (AvgIpc) is 2.84. The summed E-state index contributed by atoms with van der Waals surface area (Å²) in [7, 11) is 5.59. The first-order chi connectivity index (χ1) is 16.0. The van der Waals surface area contributed by atoms with Crippen molar-refractivity contribution in [1.29, 1.82) is 0 Å². The number of amides is 1. The predicted octanol–water partition coefficient (Wildman–Crippen LogP) is 4.04. The van der Waals surface area contributed by atoms with Crippen LogP contribution in [0.5, 0.6) is 5.75 Å². The van der Waals surface area contributed by atoms with Gasteiger partial charge in [0.1, 0.15) is 5.75 Å². The van der Waals surface area contributed by atoms with Crippen molar-refractivity contribution in [3.63, 3.8) is 0 Å². The number of hydrogen-bond acceptors (Lipinski definition) is 6. The van der Waals surface area contributed by atoms with E-state index < -0.39 is 5.91 Å². The number of benzene rings is 2. The fourth-order valence-electron chi connectivity index (χ4n) is 4.41. The van der Waals surface area contributed by atoms with Crippen LogP contribution in [0.15, 0.2) is 54.7 Å². The summed E-state index contributed by atoms with van der Waals surface area (Å²) in [6.45, 7) is 1.80. The van der Waals surface area contributed by atoms with Crippen LogP contribution in [-0.2, 0) is 6.54 Å². The van der Waals surface area contributed by atoms with E-state index >= 15 is 0 Å². The number of anilines is 1. The molecule has 1 amide bonds. The van der Waals surface area contributed by atoms with Gasteiger partial charge in [0, 0.05) is 38.0 Å². The van der Waals surface area contributed by atoms with Crippen LogP contribution in [0.3, 0.4) is 0 Å². The van der Waals surface area contributed by atoms with E-state index in [2.05, 4.69) is 22.0 Å². The molecule has 2 aromatic carbocycles. The first-order valence-corrected chi connectivity index (χ1v) is 11.3. The van der Waals surface area contributed by atoms with Gasteiger partial charge >= 0.3 is 0 Å². The Hall–Kier alpha value is -3.45. The molecule has 2 heterocycles. The van der Waals surface area contributed by atoms with E-state index in [-0.39, 0.29) is 6.04 Å². The molecule has 1 aliphatic heterocycles. The number of likely N-dealkylation sites (tertiary alicyclic amines) is 1. The molecule has 1 fully saturated rings. The molecular weight excluding hydrogens is 414 g/mol. The van der Waals surface area contributed by atoms with Crippen LogP contribution in [0.2, 0.25) is 0 Å². The lowest BCUT2D eigenvalue weighted by atomic mass is 9.92. The van der Waals surface area contributed by atoms with Crippen molar-refractivity contribution >= 4 is 11.9 Å². The molecule has 0 radical (unpaired) electrons. The molecule has 1 aliphatic rings. The van der Waals surface area contributed by atoms with Gasteiger partial charge in [0.05, 0.1) is 18.8 Å². The maximum Gasteiger partial charge on any atom is 0.248 e. The van der Waals surface area contributed by atoms with Crippen molar-refractivity contribution in [2.75, 3.05) is 32.6 Å². The molecule has 0 bridgehead atoms. The average molecular weight is 446 g/mol. The third kappa shape index (κ3) is 5.14. The minimum absolute atomic E-state index is 0.138. The first-order valence-electron chi connectivity index (χ1n) is 11.3. The van der Waals surface area contributed by atoms with Crippen molar-refractivity contribution in [2.45, 2.75) is 31.8 Å². The van der Waals surface area contributed by atoms with Gasteiger partial charge in [-0.3, -0.25) is 9.69 Å². The van der Waals surface area contributed by atoms with Crippen LogP contribution >= 0.6 is 0 Å². The number of primary amides is 1. The number of carbonyl (C=O) groups excluding carboxylic acids is 1. The molecule has 4 rings (SSSR count). The highest BCUT2D eigenvalue weighted by Gasteiger charge is 2.29. The standard InChI is InChI=1S/C26H31N5O2/c1-30(2)26-28-16-22(19-9-7-10-20(15-19)25(27)32)24(29-26)23-12-4-5-13-31(23)17-18-8-6-11-21(14-18)33-3/h6-11,14-16,23H,4-5,12-13,17H2,1-3H3,(H2,27,32). The molecule has 0 spiro atoms. The molecule has 0 saturated carbocycles. The number of hydrogen-bond donors (Lipinski definition) is 1. The van der Waals surface area contributed by atoms with Gasteiger partial charge in [-0.2, -0.15) is 0 Å². The number of nitrogens with zero attached hydrogens (tertiary/aromatic N) is 4. The highest BCUT2D eigenvalue weighted by molar-refractivity contribution is 5.94. The van der Waals surface area contributed by atoms with Crippen molar-refractivity contribution in [3.05, 3.63) is 71.5 Å². The second-order valence-corrected chi connectivity index (χ2v) is 8.64. The zero-order valence-electron chi connectivity index (χ0n) is 19.5. The lowest BCUT2D eigenvalue weighted by Gasteiger charge is -2.36. The summed E-state index contributed by atoms with van der Waals surface area (Å²) in [5, 5.41) is 0. The third-order valence-electron chi connectivity index (χ3n) is 6.11. The predicted molar refractivity (Wildman–Crippen MR) is 130 cm³/mol. The van der Waals surface area contributed by atoms with Crippen LogP contribution in [0.4, 0.5) is 5.95 Å². The van der Waals surface area contributed by atoms with E-state index in [1.807, 2.05) is 55.5 Å². The number of methoxy groups -OCH3 is 1. The monoisotopic (exact) mass is 445 g/mol. The Labute approximate surface area is 195 Å². The second kappa shape index (κ2) is 10.0. The van der Waals surface area contributed by atoms with Crippen LogP contribution in [0, 0.1) is 0 Å². The van der Waals surface area contributed by atoms with Gasteiger partial charge in [0.25, 0.3) is 0 Å². The van der Waals surface area contributed by atoms with Gasteiger partial charge in [-0.25, -0.2) is 9.97 Å². The zero-order chi connectivity index (χ0) is 23.4. The van der Waals surface area contributed by atoms with Crippen LogP contribution in [0.25, 0.3) is 11.1 Å². The second-order valence-electron chi connectivity index (χ2n) is 8.64. The molecule has 1 aromatic heterocycles. The summed E-state index contributed by atoms with van der Waals surface area (Å²) in [6.07, 6.45) is 5.17. The van der Waals surface area contributed by atoms with Gasteiger partial charge in [-0.1, -0.05) is 30.7 Å². The Morgan fingerprint density at radius 1 is 1.18 bits per heavy atom. The van der Waals surface area contributed by atoms with E-state index in [1.54, 1.807) is 13.2 Å². The largest absolute Gasteiger partial charge is 0.497 e. The maximum atomic E-state index is 11.8. The van der Waals surface area contributed by atoms with Crippen molar-refractivity contribution in [3.8, 4) is 16.9 Å². The summed E-state index contributed by atoms with van der Waals surface area (Å²) in [5.74, 6) is 1.09. The van der Waals surface area contributed by atoms with Crippen molar-refractivity contribution in [2.24, 2.45) is 5.73 Å². The van der Waals surface area contributed by atoms with E-state index in [0.717, 1.165) is 54.9 Å². The molecular formula is C26H31N5O2. The third-order valence-corrected chi connectivity index (χ3v) is 6.11. The van der Waals surface area contributed by atoms with Gasteiger partial charge in [-0.15, -0.1) is 0 Å². The first kappa shape index (κ1) is 22.7. The number of rotatable bonds is 7. The molecule has 1 saturated heterocycles. The summed E-state index contributed by atoms with van der Waals surface area (Å²) in [6, 6.07) is 15.8. The summed E-state index contributed by atoms with van der Waals surface area (Å²) >= 11 is 0. The number of nitrogens with two attached hydrogens (primary N) is 1. The van der Waals surface area contributed by atoms with E-state index in [0.29, 0.717) is 11.5 Å². The Kier molecular flexibility index (Phi) is 6.89. The quantitative estimate of drug-likeness (QED) is 0.591. The summed E-state index contributed by atoms with van der Waals surface area (Å²) in [5.41, 5.74) is 10.1. The maximum absolute atomic E-state index is 11.8. The molecule has 3 aromatic rings. The van der Waals surface area contributed by atoms with Gasteiger partial charge < -0.3 is 15.4 Å². The van der Waals surface area contributed by atoms with Gasteiger partial charge in [0.2, 0.25) is 11.9 Å². The van der Waals surface area contributed by atoms with E-state index in [9.17, 15) is 4.79 Å². The van der Waals surface area contributed by atoms with Gasteiger partial charge in [0.15, 0.2) is 0 Å². The zero-order valence-corrected chi connectivity index (χ0v) is 19.5. The Bertz CT molecular complexity index is 1130. The number of ether oxygens (including phenoxy) is 1. The fourth-order valence-corrected chi connectivity index (χ4v) is 4.41. The SMILES string of the molecule is COc1cccc(CN2CCCCC2c2nc(N(C)C)ncc2-c2cccc(C(N)=O)c2)c1. The highest BCUT2D eigenvalue weighted by Crippen LogP contribution is 2.37. The lowest BCUT2D eigenvalue weighted by Crippen LogP contribution is -2.34. The molecule has 1 atom stereocenters. The smallest absolute Gasteiger partial charge is 0.248 e. The molecule has 1 unspecified atom stereocenters. The van der Waals surface area contributed by atoms with Gasteiger partial charge in [-0.05, 0) is 54.8 Å². The highest BCUT2D eigenvalue weighted by atomic mass is 16.5. The summed E-state index contributed by atoms with van der Waals surface area (Å²) in [4.78, 5) is 25.8. The Morgan fingerprint density at radius 3 is 2.76 bits per heavy atom. The van der Waals surface area contributed by atoms with Crippen molar-refractivity contribution < 1.29 is 9.53 Å². The van der Waals surface area contributed by atoms with E-state index in [1.165, 1.54) is 5.56 Å². The van der Waals surface area contributed by atoms with Crippen molar-refractivity contribution in [1.82, 2.24) is 14.9 Å². The summed E-state index contributed by atoms with van der Waals surface area (Å²) < 4.78 is 5.42. The minimum Gasteiger partial charge on any atom is -0.497 e. The molecule has 172 valence electrons. The molecule has 7 heteroatoms.